The highest BCUT2D eigenvalue weighted by molar-refractivity contribution is 7.87. The maximum Gasteiger partial charge on any atom is 0.325 e. The van der Waals surface area contributed by atoms with E-state index in [9.17, 15) is 18.0 Å². The van der Waals surface area contributed by atoms with Crippen LogP contribution >= 0.6 is 11.6 Å². The van der Waals surface area contributed by atoms with Gasteiger partial charge in [-0.1, -0.05) is 29.8 Å². The highest BCUT2D eigenvalue weighted by Crippen LogP contribution is 2.04. The van der Waals surface area contributed by atoms with Crippen LogP contribution in [0.4, 0.5) is 0 Å². The molecule has 0 aliphatic rings. The smallest absolute Gasteiger partial charge is 0.325 e. The molecule has 0 aliphatic carbocycles. The van der Waals surface area contributed by atoms with Crippen LogP contribution in [0.2, 0.25) is 5.02 Å². The van der Waals surface area contributed by atoms with Crippen LogP contribution in [0.1, 0.15) is 6.42 Å². The Morgan fingerprint density at radius 2 is 1.63 bits per heavy atom. The molecule has 1 aromatic carbocycles. The largest absolute Gasteiger partial charge is 0.481 e. The number of benzene rings is 1. The van der Waals surface area contributed by atoms with Gasteiger partial charge in [0.1, 0.15) is 0 Å². The van der Waals surface area contributed by atoms with Gasteiger partial charge in [-0.15, -0.1) is 0 Å². The minimum Gasteiger partial charge on any atom is -0.481 e. The van der Waals surface area contributed by atoms with E-state index in [2.05, 4.69) is 0 Å². The van der Waals surface area contributed by atoms with Crippen LogP contribution in [-0.4, -0.2) is 40.4 Å². The van der Waals surface area contributed by atoms with E-state index in [-0.39, 0.29) is 0 Å². The monoisotopic (exact) mass is 310 g/mol. The molecule has 0 aliphatic heterocycles. The van der Waals surface area contributed by atoms with Crippen LogP contribution in [-0.2, 0) is 19.7 Å². The predicted molar refractivity (Wildman–Crippen MR) is 66.7 cm³/mol. The summed E-state index contributed by atoms with van der Waals surface area (Å²) in [6.45, 7) is 0. The normalized spacial score (nSPS) is 11.9. The van der Waals surface area contributed by atoms with E-state index in [1.807, 2.05) is 30.3 Å². The van der Waals surface area contributed by atoms with Crippen molar-refractivity contribution < 1.29 is 32.8 Å². The Kier molecular flexibility index (Phi) is 7.05. The van der Waals surface area contributed by atoms with Crippen LogP contribution in [0.25, 0.3) is 0 Å². The minimum atomic E-state index is -4.84. The number of hydrogen-bond donors (Lipinski definition) is 3. The molecule has 0 aromatic heterocycles. The predicted octanol–water partition coefficient (Wildman–Crippen LogP) is 1.14. The van der Waals surface area contributed by atoms with Crippen molar-refractivity contribution in [3.63, 3.8) is 0 Å². The van der Waals surface area contributed by atoms with Crippen LogP contribution in [0.3, 0.4) is 0 Å². The third-order valence-corrected chi connectivity index (χ3v) is 3.07. The Morgan fingerprint density at radius 3 is 1.79 bits per heavy atom. The molecule has 7 nitrogen and oxygen atoms in total. The fraction of sp³-hybridized carbons (Fsp3) is 0.200. The highest BCUT2D eigenvalue weighted by Gasteiger charge is 2.33. The fourth-order valence-corrected chi connectivity index (χ4v) is 1.65. The van der Waals surface area contributed by atoms with E-state index in [0.717, 1.165) is 5.02 Å². The van der Waals surface area contributed by atoms with Crippen LogP contribution in [0.5, 0.6) is 0 Å². The summed E-state index contributed by atoms with van der Waals surface area (Å²) in [6, 6.07) is 9.44. The Bertz CT molecular complexity index is 526. The lowest BCUT2D eigenvalue weighted by Gasteiger charge is -2.04. The number of halogens is 1. The zero-order chi connectivity index (χ0) is 15.1. The number of carboxylic acids is 2. The first-order valence-electron chi connectivity index (χ1n) is 4.76. The Hall–Kier alpha value is -1.64. The van der Waals surface area contributed by atoms with Crippen molar-refractivity contribution in [2.45, 2.75) is 11.7 Å². The van der Waals surface area contributed by atoms with Crippen LogP contribution in [0, 0.1) is 0 Å². The molecule has 0 bridgehead atoms. The molecule has 106 valence electrons. The second-order valence-corrected chi connectivity index (χ2v) is 5.27. The van der Waals surface area contributed by atoms with Gasteiger partial charge in [0.2, 0.25) is 0 Å². The minimum absolute atomic E-state index is 0.794. The summed E-state index contributed by atoms with van der Waals surface area (Å²) in [7, 11) is -4.84. The molecule has 0 amide bonds. The van der Waals surface area contributed by atoms with E-state index >= 15 is 0 Å². The zero-order valence-electron chi connectivity index (χ0n) is 9.43. The molecule has 1 unspecified atom stereocenters. The molecular weight excluding hydrogens is 300 g/mol. The first kappa shape index (κ1) is 17.4. The SMILES string of the molecule is Clc1ccccc1.O=C(O)CC(C(=O)O)S(=O)(=O)O. The van der Waals surface area contributed by atoms with Crippen molar-refractivity contribution in [1.82, 2.24) is 0 Å². The lowest BCUT2D eigenvalue weighted by atomic mass is 10.3. The average molecular weight is 311 g/mol. The van der Waals surface area contributed by atoms with Crippen molar-refractivity contribution in [1.29, 1.82) is 0 Å². The van der Waals surface area contributed by atoms with Crippen molar-refractivity contribution >= 4 is 33.7 Å². The molecule has 0 spiro atoms. The van der Waals surface area contributed by atoms with Crippen LogP contribution < -0.4 is 0 Å². The lowest BCUT2D eigenvalue weighted by molar-refractivity contribution is -0.143. The summed E-state index contributed by atoms with van der Waals surface area (Å²) in [5, 5.41) is 14.7. The number of carboxylic acid groups (broad SMARTS) is 2. The average Bonchev–Trinajstić information content (AvgIpc) is 2.26. The van der Waals surface area contributed by atoms with Crippen molar-refractivity contribution in [2.75, 3.05) is 0 Å². The number of rotatable bonds is 4. The number of carbonyl (C=O) groups is 2. The molecule has 0 heterocycles. The van der Waals surface area contributed by atoms with E-state index in [1.165, 1.54) is 0 Å². The van der Waals surface area contributed by atoms with Crippen LogP contribution in [0.15, 0.2) is 30.3 Å². The first-order valence-corrected chi connectivity index (χ1v) is 6.64. The Balaban J connectivity index is 0.000000388. The van der Waals surface area contributed by atoms with Gasteiger partial charge in [-0.3, -0.25) is 14.1 Å². The molecule has 19 heavy (non-hydrogen) atoms. The second kappa shape index (κ2) is 7.72. The molecule has 0 radical (unpaired) electrons. The maximum absolute atomic E-state index is 10.2. The number of hydrogen-bond acceptors (Lipinski definition) is 4. The summed E-state index contributed by atoms with van der Waals surface area (Å²) in [4.78, 5) is 20.0. The fourth-order valence-electron chi connectivity index (χ4n) is 0.893. The van der Waals surface area contributed by atoms with E-state index in [4.69, 9.17) is 26.4 Å². The zero-order valence-corrected chi connectivity index (χ0v) is 11.0. The molecule has 9 heteroatoms. The summed E-state index contributed by atoms with van der Waals surface area (Å²) < 4.78 is 28.7. The van der Waals surface area contributed by atoms with Gasteiger partial charge in [0.15, 0.2) is 5.25 Å². The van der Waals surface area contributed by atoms with E-state index in [1.54, 1.807) is 0 Å². The van der Waals surface area contributed by atoms with Gasteiger partial charge in [-0.25, -0.2) is 0 Å². The topological polar surface area (TPSA) is 129 Å². The standard InChI is InChI=1S/C6H5Cl.C4H6O7S/c7-6-4-2-1-3-5-6;5-3(6)1-2(4(7)8)12(9,10)11/h1-5H;2H,1H2,(H,5,6)(H,7,8)(H,9,10,11). The highest BCUT2D eigenvalue weighted by atomic mass is 35.5. The van der Waals surface area contributed by atoms with Gasteiger partial charge < -0.3 is 10.2 Å². The van der Waals surface area contributed by atoms with Gasteiger partial charge in [0.25, 0.3) is 10.1 Å². The van der Waals surface area contributed by atoms with E-state index in [0.29, 0.717) is 0 Å². The van der Waals surface area contributed by atoms with Crippen molar-refractivity contribution in [2.24, 2.45) is 0 Å². The Morgan fingerprint density at radius 1 is 1.16 bits per heavy atom. The van der Waals surface area contributed by atoms with Crippen molar-refractivity contribution in [3.8, 4) is 0 Å². The molecule has 0 fully saturated rings. The second-order valence-electron chi connectivity index (χ2n) is 3.24. The summed E-state index contributed by atoms with van der Waals surface area (Å²) >= 11 is 5.54. The van der Waals surface area contributed by atoms with Gasteiger partial charge in [-0.05, 0) is 12.1 Å². The van der Waals surface area contributed by atoms with Gasteiger partial charge >= 0.3 is 11.9 Å². The van der Waals surface area contributed by atoms with E-state index < -0.39 is 33.7 Å². The molecule has 0 saturated carbocycles. The van der Waals surface area contributed by atoms with Gasteiger partial charge in [-0.2, -0.15) is 8.42 Å². The summed E-state index contributed by atoms with van der Waals surface area (Å²) in [6.07, 6.45) is -1.16. The third-order valence-electron chi connectivity index (χ3n) is 1.73. The molecule has 0 saturated heterocycles. The molecule has 1 atom stereocenters. The van der Waals surface area contributed by atoms with Gasteiger partial charge in [0, 0.05) is 5.02 Å². The maximum atomic E-state index is 10.2. The number of aliphatic carboxylic acids is 2. The van der Waals surface area contributed by atoms with Crippen molar-refractivity contribution in [3.05, 3.63) is 35.4 Å². The summed E-state index contributed by atoms with van der Waals surface area (Å²) in [5.74, 6) is -3.50. The lowest BCUT2D eigenvalue weighted by Crippen LogP contribution is -2.31. The molecule has 1 rings (SSSR count). The molecular formula is C10H11ClO7S. The molecule has 1 aromatic rings. The Labute approximate surface area is 114 Å². The quantitative estimate of drug-likeness (QED) is 0.711. The van der Waals surface area contributed by atoms with Gasteiger partial charge in [0.05, 0.1) is 6.42 Å². The summed E-state index contributed by atoms with van der Waals surface area (Å²) in [5.41, 5.74) is 0. The molecule has 3 N–H and O–H groups in total. The third kappa shape index (κ3) is 8.14. The first-order chi connectivity index (χ1) is 8.64.